The molecule has 3 rings (SSSR count). The Morgan fingerprint density at radius 3 is 2.12 bits per heavy atom. The molecule has 0 fully saturated rings. The molecule has 1 aromatic heterocycles. The van der Waals surface area contributed by atoms with Crippen molar-refractivity contribution in [3.05, 3.63) is 83.2 Å². The molecule has 0 saturated heterocycles. The Morgan fingerprint density at radius 2 is 1.54 bits per heavy atom. The van der Waals surface area contributed by atoms with E-state index in [4.69, 9.17) is 0 Å². The fourth-order valence-corrected chi connectivity index (χ4v) is 4.67. The number of alkyl halides is 2. The van der Waals surface area contributed by atoms with Crippen LogP contribution in [0, 0.1) is 0 Å². The summed E-state index contributed by atoms with van der Waals surface area (Å²) < 4.78 is 57.1. The Hall–Kier alpha value is -2.29. The summed E-state index contributed by atoms with van der Waals surface area (Å²) in [5.41, 5.74) is 1.34. The number of thiophene rings is 1. The van der Waals surface area contributed by atoms with Gasteiger partial charge in [0, 0.05) is 0 Å². The van der Waals surface area contributed by atoms with E-state index in [9.17, 15) is 17.2 Å². The lowest BCUT2D eigenvalue weighted by Crippen LogP contribution is -2.29. The highest BCUT2D eigenvalue weighted by atomic mass is 32.2. The zero-order chi connectivity index (χ0) is 18.6. The Bertz CT molecular complexity index is 928. The molecule has 2 aromatic carbocycles. The lowest BCUT2D eigenvalue weighted by atomic mass is 10.00. The molecule has 136 valence electrons. The number of hydrogen-bond acceptors (Lipinski definition) is 4. The van der Waals surface area contributed by atoms with Gasteiger partial charge in [0.2, 0.25) is 0 Å². The van der Waals surface area contributed by atoms with Crippen molar-refractivity contribution < 1.29 is 21.9 Å². The van der Waals surface area contributed by atoms with Crippen LogP contribution < -0.4 is 9.46 Å². The molecule has 0 aliphatic carbocycles. The minimum absolute atomic E-state index is 0.0108. The summed E-state index contributed by atoms with van der Waals surface area (Å²) in [6.07, 6.45) is 0. The van der Waals surface area contributed by atoms with Gasteiger partial charge in [0.05, 0.1) is 6.04 Å². The summed E-state index contributed by atoms with van der Waals surface area (Å²) in [7, 11) is -3.72. The van der Waals surface area contributed by atoms with E-state index >= 15 is 0 Å². The number of benzene rings is 2. The molecule has 0 saturated carbocycles. The van der Waals surface area contributed by atoms with Gasteiger partial charge in [-0.25, -0.2) is 8.42 Å². The summed E-state index contributed by atoms with van der Waals surface area (Å²) in [4.78, 5) is 0. The SMILES string of the molecule is O=S(=O)(N[C@H](c1ccccc1)c1ccc(OC(F)F)cc1)c1cccs1. The van der Waals surface area contributed by atoms with Crippen LogP contribution in [0.1, 0.15) is 17.2 Å². The summed E-state index contributed by atoms with van der Waals surface area (Å²) in [5.74, 6) is 0.0108. The second-order valence-corrected chi connectivity index (χ2v) is 8.23. The van der Waals surface area contributed by atoms with Gasteiger partial charge in [0.15, 0.2) is 0 Å². The van der Waals surface area contributed by atoms with Crippen LogP contribution in [0.4, 0.5) is 8.78 Å². The standard InChI is InChI=1S/C18H15F2NO3S2/c19-18(20)24-15-10-8-14(9-11-15)17(13-5-2-1-3-6-13)21-26(22,23)16-7-4-12-25-16/h1-12,17-18,21H/t17-/m1/s1. The van der Waals surface area contributed by atoms with Crippen LogP contribution in [0.3, 0.4) is 0 Å². The van der Waals surface area contributed by atoms with Crippen molar-refractivity contribution in [2.45, 2.75) is 16.9 Å². The lowest BCUT2D eigenvalue weighted by Gasteiger charge is -2.20. The molecule has 0 aliphatic rings. The van der Waals surface area contributed by atoms with Crippen LogP contribution in [0.25, 0.3) is 0 Å². The third-order valence-corrected chi connectivity index (χ3v) is 6.42. The van der Waals surface area contributed by atoms with Crippen LogP contribution >= 0.6 is 11.3 Å². The number of rotatable bonds is 7. The maximum Gasteiger partial charge on any atom is 0.387 e. The molecule has 0 spiro atoms. The minimum Gasteiger partial charge on any atom is -0.435 e. The maximum atomic E-state index is 12.6. The van der Waals surface area contributed by atoms with Crippen LogP contribution in [-0.4, -0.2) is 15.0 Å². The van der Waals surface area contributed by atoms with Gasteiger partial charge in [0.25, 0.3) is 10.0 Å². The molecule has 26 heavy (non-hydrogen) atoms. The first-order valence-corrected chi connectivity index (χ1v) is 9.97. The van der Waals surface area contributed by atoms with Gasteiger partial charge in [0.1, 0.15) is 9.96 Å². The zero-order valence-corrected chi connectivity index (χ0v) is 15.0. The molecule has 3 aromatic rings. The third-order valence-electron chi connectivity index (χ3n) is 3.60. The molecule has 0 radical (unpaired) electrons. The maximum absolute atomic E-state index is 12.6. The number of sulfonamides is 1. The van der Waals surface area contributed by atoms with E-state index in [1.807, 2.05) is 6.07 Å². The van der Waals surface area contributed by atoms with Crippen LogP contribution in [-0.2, 0) is 10.0 Å². The first-order valence-electron chi connectivity index (χ1n) is 7.61. The molecule has 4 nitrogen and oxygen atoms in total. The van der Waals surface area contributed by atoms with E-state index in [0.29, 0.717) is 5.56 Å². The highest BCUT2D eigenvalue weighted by Gasteiger charge is 2.23. The average Bonchev–Trinajstić information content (AvgIpc) is 3.17. The molecular weight excluding hydrogens is 380 g/mol. The van der Waals surface area contributed by atoms with Gasteiger partial charge >= 0.3 is 6.61 Å². The number of halogens is 2. The van der Waals surface area contributed by atoms with E-state index in [1.54, 1.807) is 47.8 Å². The van der Waals surface area contributed by atoms with Crippen molar-refractivity contribution in [3.63, 3.8) is 0 Å². The van der Waals surface area contributed by atoms with Crippen molar-refractivity contribution in [1.29, 1.82) is 0 Å². The fraction of sp³-hybridized carbons (Fsp3) is 0.111. The predicted octanol–water partition coefficient (Wildman–Crippen LogP) is 4.42. The van der Waals surface area contributed by atoms with Gasteiger partial charge in [-0.15, -0.1) is 11.3 Å². The first-order chi connectivity index (χ1) is 12.5. The smallest absolute Gasteiger partial charge is 0.387 e. The summed E-state index contributed by atoms with van der Waals surface area (Å²) in [5, 5.41) is 1.68. The zero-order valence-electron chi connectivity index (χ0n) is 13.4. The highest BCUT2D eigenvalue weighted by Crippen LogP contribution is 2.27. The molecule has 0 bridgehead atoms. The summed E-state index contributed by atoms with van der Waals surface area (Å²) in [6.45, 7) is -2.91. The lowest BCUT2D eigenvalue weighted by molar-refractivity contribution is -0.0498. The number of ether oxygens (including phenoxy) is 1. The van der Waals surface area contributed by atoms with E-state index in [2.05, 4.69) is 9.46 Å². The molecule has 1 atom stereocenters. The molecule has 8 heteroatoms. The van der Waals surface area contributed by atoms with E-state index in [-0.39, 0.29) is 9.96 Å². The Balaban J connectivity index is 1.94. The average molecular weight is 395 g/mol. The molecule has 0 amide bonds. The first kappa shape index (κ1) is 18.5. The van der Waals surface area contributed by atoms with E-state index < -0.39 is 22.7 Å². The van der Waals surface area contributed by atoms with Gasteiger partial charge in [-0.1, -0.05) is 48.5 Å². The highest BCUT2D eigenvalue weighted by molar-refractivity contribution is 7.91. The summed E-state index contributed by atoms with van der Waals surface area (Å²) >= 11 is 1.12. The normalized spacial score (nSPS) is 12.9. The largest absolute Gasteiger partial charge is 0.435 e. The van der Waals surface area contributed by atoms with Crippen molar-refractivity contribution in [2.75, 3.05) is 0 Å². The molecule has 1 heterocycles. The van der Waals surface area contributed by atoms with Gasteiger partial charge in [-0.05, 0) is 34.7 Å². The third kappa shape index (κ3) is 4.46. The fourth-order valence-electron chi connectivity index (χ4n) is 2.45. The van der Waals surface area contributed by atoms with Crippen LogP contribution in [0.15, 0.2) is 76.3 Å². The van der Waals surface area contributed by atoms with E-state index in [1.165, 1.54) is 18.2 Å². The Kier molecular flexibility index (Phi) is 5.65. The second kappa shape index (κ2) is 7.94. The van der Waals surface area contributed by atoms with Crippen molar-refractivity contribution >= 4 is 21.4 Å². The Morgan fingerprint density at radius 1 is 0.885 bits per heavy atom. The topological polar surface area (TPSA) is 55.4 Å². The van der Waals surface area contributed by atoms with Crippen molar-refractivity contribution in [1.82, 2.24) is 4.72 Å². The van der Waals surface area contributed by atoms with E-state index in [0.717, 1.165) is 16.9 Å². The number of hydrogen-bond donors (Lipinski definition) is 1. The van der Waals surface area contributed by atoms with Crippen LogP contribution in [0.2, 0.25) is 0 Å². The van der Waals surface area contributed by atoms with Gasteiger partial charge in [-0.2, -0.15) is 13.5 Å². The quantitative estimate of drug-likeness (QED) is 0.644. The van der Waals surface area contributed by atoms with Crippen molar-refractivity contribution in [2.24, 2.45) is 0 Å². The van der Waals surface area contributed by atoms with Gasteiger partial charge < -0.3 is 4.74 Å². The number of nitrogens with one attached hydrogen (secondary N) is 1. The molecule has 1 N–H and O–H groups in total. The molecule has 0 unspecified atom stereocenters. The van der Waals surface area contributed by atoms with Crippen LogP contribution in [0.5, 0.6) is 5.75 Å². The summed E-state index contributed by atoms with van der Waals surface area (Å²) in [6, 6.07) is 17.4. The second-order valence-electron chi connectivity index (χ2n) is 5.34. The van der Waals surface area contributed by atoms with Crippen molar-refractivity contribution in [3.8, 4) is 5.75 Å². The minimum atomic E-state index is -3.72. The monoisotopic (exact) mass is 395 g/mol. The Labute approximate surface area is 154 Å². The molecular formula is C18H15F2NO3S2. The predicted molar refractivity (Wildman–Crippen MR) is 96.0 cm³/mol. The van der Waals surface area contributed by atoms with Gasteiger partial charge in [-0.3, -0.25) is 0 Å². The molecule has 0 aliphatic heterocycles.